The van der Waals surface area contributed by atoms with E-state index in [0.29, 0.717) is 12.0 Å². The van der Waals surface area contributed by atoms with Crippen LogP contribution in [-0.4, -0.2) is 17.8 Å². The van der Waals surface area contributed by atoms with Crippen molar-refractivity contribution in [2.75, 3.05) is 0 Å². The van der Waals surface area contributed by atoms with Crippen molar-refractivity contribution < 1.29 is 4.79 Å². The Kier molecular flexibility index (Phi) is 3.71. The topological polar surface area (TPSA) is 105 Å². The Labute approximate surface area is 89.4 Å². The van der Waals surface area contributed by atoms with Crippen LogP contribution in [0.25, 0.3) is 0 Å². The Morgan fingerprint density at radius 2 is 2.13 bits per heavy atom. The molecule has 0 aromatic heterocycles. The lowest BCUT2D eigenvalue weighted by atomic mass is 10.1. The average Bonchev–Trinajstić information content (AvgIpc) is 2.51. The van der Waals surface area contributed by atoms with E-state index in [1.807, 2.05) is 0 Å². The highest BCUT2D eigenvalue weighted by Crippen LogP contribution is 2.24. The minimum Gasteiger partial charge on any atom is -0.387 e. The summed E-state index contributed by atoms with van der Waals surface area (Å²) in [4.78, 5) is 10.9. The van der Waals surface area contributed by atoms with Gasteiger partial charge < -0.3 is 16.8 Å². The Balaban J connectivity index is 2.61. The van der Waals surface area contributed by atoms with E-state index in [1.54, 1.807) is 0 Å². The molecule has 2 atom stereocenters. The van der Waals surface area contributed by atoms with Crippen LogP contribution in [0.15, 0.2) is 11.8 Å². The Morgan fingerprint density at radius 3 is 2.53 bits per heavy atom. The normalized spacial score (nSPS) is 26.3. The molecule has 1 unspecified atom stereocenters. The predicted octanol–water partition coefficient (Wildman–Crippen LogP) is 0.0698. The highest BCUT2D eigenvalue weighted by molar-refractivity contribution is 6.18. The van der Waals surface area contributed by atoms with Crippen molar-refractivity contribution in [1.29, 1.82) is 5.41 Å². The van der Waals surface area contributed by atoms with Gasteiger partial charge in [0.05, 0.1) is 5.57 Å². The number of hydrogen-bond acceptors (Lipinski definition) is 3. The largest absolute Gasteiger partial charge is 0.387 e. The first-order valence-electron chi connectivity index (χ1n) is 5.12. The first kappa shape index (κ1) is 11.6. The molecular formula is C10H18N4O. The molecule has 1 rings (SSSR count). The molecule has 1 amide bonds. The fourth-order valence-electron chi connectivity index (χ4n) is 1.87. The highest BCUT2D eigenvalue weighted by Gasteiger charge is 2.22. The van der Waals surface area contributed by atoms with Crippen LogP contribution in [-0.2, 0) is 4.79 Å². The van der Waals surface area contributed by atoms with Crippen molar-refractivity contribution in [1.82, 2.24) is 5.32 Å². The molecule has 0 aliphatic heterocycles. The molecule has 0 bridgehead atoms. The molecule has 0 saturated heterocycles. The molecule has 1 saturated carbocycles. The molecule has 0 radical (unpaired) electrons. The molecule has 6 N–H and O–H groups in total. The van der Waals surface area contributed by atoms with Crippen molar-refractivity contribution >= 4 is 11.7 Å². The monoisotopic (exact) mass is 210 g/mol. The van der Waals surface area contributed by atoms with Crippen LogP contribution in [0.4, 0.5) is 0 Å². The molecular weight excluding hydrogens is 192 g/mol. The van der Waals surface area contributed by atoms with Gasteiger partial charge in [-0.1, -0.05) is 13.3 Å². The zero-order chi connectivity index (χ0) is 11.4. The van der Waals surface area contributed by atoms with Crippen LogP contribution in [0.5, 0.6) is 0 Å². The SMILES string of the molecule is C[C@H]1CCCC1N/C=C(\C(=N)N)C(N)=O. The van der Waals surface area contributed by atoms with Crippen molar-refractivity contribution in [3.63, 3.8) is 0 Å². The van der Waals surface area contributed by atoms with Crippen LogP contribution >= 0.6 is 0 Å². The maximum atomic E-state index is 10.9. The van der Waals surface area contributed by atoms with Gasteiger partial charge in [-0.25, -0.2) is 0 Å². The molecule has 1 aliphatic carbocycles. The van der Waals surface area contributed by atoms with Gasteiger partial charge >= 0.3 is 0 Å². The summed E-state index contributed by atoms with van der Waals surface area (Å²) in [6.45, 7) is 2.16. The summed E-state index contributed by atoms with van der Waals surface area (Å²) in [6, 6.07) is 0.360. The zero-order valence-corrected chi connectivity index (χ0v) is 8.92. The van der Waals surface area contributed by atoms with Crippen molar-refractivity contribution in [3.05, 3.63) is 11.8 Å². The van der Waals surface area contributed by atoms with Gasteiger partial charge in [0.1, 0.15) is 5.84 Å². The maximum Gasteiger partial charge on any atom is 0.253 e. The van der Waals surface area contributed by atoms with E-state index in [1.165, 1.54) is 19.0 Å². The van der Waals surface area contributed by atoms with Gasteiger partial charge in [0.2, 0.25) is 0 Å². The fraction of sp³-hybridized carbons (Fsp3) is 0.600. The molecule has 0 aromatic carbocycles. The summed E-state index contributed by atoms with van der Waals surface area (Å²) < 4.78 is 0. The molecule has 84 valence electrons. The van der Waals surface area contributed by atoms with E-state index >= 15 is 0 Å². The lowest BCUT2D eigenvalue weighted by Gasteiger charge is -2.16. The summed E-state index contributed by atoms with van der Waals surface area (Å²) in [5.41, 5.74) is 10.4. The minimum absolute atomic E-state index is 0.0501. The quantitative estimate of drug-likeness (QED) is 0.300. The van der Waals surface area contributed by atoms with Crippen LogP contribution < -0.4 is 16.8 Å². The minimum atomic E-state index is -0.666. The predicted molar refractivity (Wildman–Crippen MR) is 59.1 cm³/mol. The smallest absolute Gasteiger partial charge is 0.253 e. The maximum absolute atomic E-state index is 10.9. The average molecular weight is 210 g/mol. The van der Waals surface area contributed by atoms with E-state index in [9.17, 15) is 4.79 Å². The Bertz CT molecular complexity index is 282. The highest BCUT2D eigenvalue weighted by atomic mass is 16.1. The first-order valence-corrected chi connectivity index (χ1v) is 5.12. The standard InChI is InChI=1S/C10H18N4O/c1-6-3-2-4-8(6)14-5-7(9(11)12)10(13)15/h5-6,8,14H,2-4H2,1H3,(H3,11,12)(H2,13,15)/b7-5+/t6-,8?/m0/s1. The zero-order valence-electron chi connectivity index (χ0n) is 8.92. The molecule has 5 heteroatoms. The second kappa shape index (κ2) is 4.82. The molecule has 0 heterocycles. The number of amides is 1. The second-order valence-corrected chi connectivity index (χ2v) is 4.02. The van der Waals surface area contributed by atoms with Gasteiger partial charge in [0.25, 0.3) is 5.91 Å². The number of primary amides is 1. The molecule has 1 fully saturated rings. The summed E-state index contributed by atoms with van der Waals surface area (Å²) >= 11 is 0. The third-order valence-electron chi connectivity index (χ3n) is 2.86. The molecule has 15 heavy (non-hydrogen) atoms. The summed E-state index contributed by atoms with van der Waals surface area (Å²) in [7, 11) is 0. The number of carbonyl (C=O) groups excluding carboxylic acids is 1. The molecule has 5 nitrogen and oxygen atoms in total. The number of hydrogen-bond donors (Lipinski definition) is 4. The first-order chi connectivity index (χ1) is 7.02. The van der Waals surface area contributed by atoms with Crippen molar-refractivity contribution in [3.8, 4) is 0 Å². The van der Waals surface area contributed by atoms with E-state index in [-0.39, 0.29) is 11.4 Å². The van der Waals surface area contributed by atoms with Gasteiger partial charge in [-0.05, 0) is 18.8 Å². The lowest BCUT2D eigenvalue weighted by Crippen LogP contribution is -2.31. The Hall–Kier alpha value is -1.52. The number of nitrogens with one attached hydrogen (secondary N) is 2. The number of carbonyl (C=O) groups is 1. The number of amidine groups is 1. The molecule has 0 spiro atoms. The van der Waals surface area contributed by atoms with Crippen LogP contribution in [0, 0.1) is 11.3 Å². The summed E-state index contributed by atoms with van der Waals surface area (Å²) in [6.07, 6.45) is 4.94. The van der Waals surface area contributed by atoms with Gasteiger partial charge in [-0.15, -0.1) is 0 Å². The van der Waals surface area contributed by atoms with Gasteiger partial charge in [-0.3, -0.25) is 10.2 Å². The van der Waals surface area contributed by atoms with Crippen LogP contribution in [0.2, 0.25) is 0 Å². The van der Waals surface area contributed by atoms with E-state index in [0.717, 1.165) is 6.42 Å². The van der Waals surface area contributed by atoms with E-state index < -0.39 is 5.91 Å². The third-order valence-corrected chi connectivity index (χ3v) is 2.86. The fourth-order valence-corrected chi connectivity index (χ4v) is 1.87. The van der Waals surface area contributed by atoms with Crippen LogP contribution in [0.1, 0.15) is 26.2 Å². The van der Waals surface area contributed by atoms with E-state index in [2.05, 4.69) is 12.2 Å². The molecule has 0 aromatic rings. The summed E-state index contributed by atoms with van der Waals surface area (Å²) in [5, 5.41) is 10.3. The van der Waals surface area contributed by atoms with Crippen LogP contribution in [0.3, 0.4) is 0 Å². The number of nitrogens with two attached hydrogens (primary N) is 2. The second-order valence-electron chi connectivity index (χ2n) is 4.02. The van der Waals surface area contributed by atoms with Crippen molar-refractivity contribution in [2.24, 2.45) is 17.4 Å². The lowest BCUT2D eigenvalue weighted by molar-refractivity contribution is -0.114. The van der Waals surface area contributed by atoms with Gasteiger partial charge in [0.15, 0.2) is 0 Å². The molecule has 1 aliphatic rings. The number of rotatable bonds is 4. The van der Waals surface area contributed by atoms with Gasteiger partial charge in [-0.2, -0.15) is 0 Å². The van der Waals surface area contributed by atoms with Gasteiger partial charge in [0, 0.05) is 12.2 Å². The van der Waals surface area contributed by atoms with E-state index in [4.69, 9.17) is 16.9 Å². The summed E-state index contributed by atoms with van der Waals surface area (Å²) in [5.74, 6) is -0.372. The Morgan fingerprint density at radius 1 is 1.47 bits per heavy atom. The van der Waals surface area contributed by atoms with Crippen molar-refractivity contribution in [2.45, 2.75) is 32.2 Å². The third kappa shape index (κ3) is 2.97.